The Morgan fingerprint density at radius 2 is 2.38 bits per heavy atom. The van der Waals surface area contributed by atoms with Gasteiger partial charge in [0.2, 0.25) is 0 Å². The molecule has 0 saturated heterocycles. The predicted molar refractivity (Wildman–Crippen MR) is 52.0 cm³/mol. The van der Waals surface area contributed by atoms with E-state index in [1.807, 2.05) is 25.2 Å². The molecule has 66 valence electrons. The minimum atomic E-state index is 0.198. The van der Waals surface area contributed by atoms with Gasteiger partial charge < -0.3 is 0 Å². The van der Waals surface area contributed by atoms with Crippen molar-refractivity contribution in [3.63, 3.8) is 0 Å². The van der Waals surface area contributed by atoms with E-state index < -0.39 is 0 Å². The highest BCUT2D eigenvalue weighted by Crippen LogP contribution is 2.28. The summed E-state index contributed by atoms with van der Waals surface area (Å²) in [4.78, 5) is 11.8. The fraction of sp³-hybridized carbons (Fsp3) is 0.417. The molecule has 0 bridgehead atoms. The summed E-state index contributed by atoms with van der Waals surface area (Å²) in [5.41, 5.74) is 2.10. The first-order chi connectivity index (χ1) is 6.29. The Hall–Kier alpha value is -1.20. The predicted octanol–water partition coefficient (Wildman–Crippen LogP) is 2.60. The van der Waals surface area contributed by atoms with E-state index in [-0.39, 0.29) is 5.92 Å². The van der Waals surface area contributed by atoms with Crippen LogP contribution >= 0.6 is 0 Å². The first kappa shape index (κ1) is 8.40. The van der Waals surface area contributed by atoms with Crippen molar-refractivity contribution in [1.82, 2.24) is 0 Å². The van der Waals surface area contributed by atoms with Crippen molar-refractivity contribution < 1.29 is 4.79 Å². The second kappa shape index (κ2) is 3.27. The van der Waals surface area contributed by atoms with Crippen molar-refractivity contribution in [2.75, 3.05) is 0 Å². The molecule has 0 amide bonds. The maximum absolute atomic E-state index is 11.8. The molecule has 2 aliphatic carbocycles. The van der Waals surface area contributed by atoms with Crippen molar-refractivity contribution in [2.45, 2.75) is 26.2 Å². The van der Waals surface area contributed by atoms with E-state index in [0.717, 1.165) is 24.8 Å². The second-order valence-electron chi connectivity index (χ2n) is 3.74. The third-order valence-corrected chi connectivity index (χ3v) is 2.75. The van der Waals surface area contributed by atoms with E-state index in [1.165, 1.54) is 5.57 Å². The molecule has 0 saturated carbocycles. The summed E-state index contributed by atoms with van der Waals surface area (Å²) in [7, 11) is 0. The minimum Gasteiger partial charge on any atom is -0.291 e. The van der Waals surface area contributed by atoms with Gasteiger partial charge in [0.15, 0.2) is 5.78 Å². The zero-order valence-electron chi connectivity index (χ0n) is 7.84. The zero-order chi connectivity index (χ0) is 9.26. The van der Waals surface area contributed by atoms with Crippen LogP contribution < -0.4 is 0 Å². The fourth-order valence-electron chi connectivity index (χ4n) is 1.91. The van der Waals surface area contributed by atoms with Crippen LogP contribution in [0, 0.1) is 12.0 Å². The molecule has 1 heteroatoms. The van der Waals surface area contributed by atoms with Gasteiger partial charge in [0.1, 0.15) is 17.7 Å². The van der Waals surface area contributed by atoms with Gasteiger partial charge in [-0.05, 0) is 12.8 Å². The summed E-state index contributed by atoms with van der Waals surface area (Å²) in [6, 6.07) is 0. The van der Waals surface area contributed by atoms with Gasteiger partial charge in [-0.25, -0.2) is 0 Å². The Morgan fingerprint density at radius 1 is 1.54 bits per heavy atom. The Kier molecular flexibility index (Phi) is 2.12. The highest BCUT2D eigenvalue weighted by atomic mass is 16.1. The van der Waals surface area contributed by atoms with Crippen molar-refractivity contribution >= 4 is 5.78 Å². The first-order valence-corrected chi connectivity index (χ1v) is 4.82. The van der Waals surface area contributed by atoms with E-state index in [2.05, 4.69) is 6.08 Å². The third kappa shape index (κ3) is 1.48. The third-order valence-electron chi connectivity index (χ3n) is 2.75. The summed E-state index contributed by atoms with van der Waals surface area (Å²) < 4.78 is 0. The molecule has 0 aromatic heterocycles. The van der Waals surface area contributed by atoms with Crippen LogP contribution in [0.2, 0.25) is 0 Å². The van der Waals surface area contributed by atoms with Crippen molar-refractivity contribution in [3.05, 3.63) is 35.5 Å². The Balaban J connectivity index is 2.40. The number of hydrogen-bond donors (Lipinski definition) is 0. The van der Waals surface area contributed by atoms with Gasteiger partial charge in [-0.1, -0.05) is 6.92 Å². The molecule has 0 radical (unpaired) electrons. The summed E-state index contributed by atoms with van der Waals surface area (Å²) in [5, 5.41) is 0. The molecule has 0 heterocycles. The smallest absolute Gasteiger partial charge is 0.192 e. The van der Waals surface area contributed by atoms with Crippen molar-refractivity contribution in [3.8, 4) is 0 Å². The molecule has 2 rings (SSSR count). The van der Waals surface area contributed by atoms with Crippen LogP contribution in [-0.2, 0) is 4.79 Å². The molecule has 0 aromatic rings. The molecule has 13 heavy (non-hydrogen) atoms. The van der Waals surface area contributed by atoms with Crippen LogP contribution in [-0.4, -0.2) is 5.78 Å². The van der Waals surface area contributed by atoms with Crippen LogP contribution in [0.15, 0.2) is 29.4 Å². The molecule has 1 atom stereocenters. The van der Waals surface area contributed by atoms with Gasteiger partial charge in [-0.3, -0.25) is 4.79 Å². The van der Waals surface area contributed by atoms with Crippen molar-refractivity contribution in [1.29, 1.82) is 0 Å². The topological polar surface area (TPSA) is 17.1 Å². The standard InChI is InChI=1S/C12H13O/c1-9-5-4-7-10-6-2-3-8-11(10)12(9)13/h3,6,8-9H,4-5,7H2,1H3/q+1. The van der Waals surface area contributed by atoms with E-state index in [0.29, 0.717) is 5.78 Å². The second-order valence-corrected chi connectivity index (χ2v) is 3.74. The number of hydrogen-bond acceptors (Lipinski definition) is 1. The molecule has 0 N–H and O–H groups in total. The quantitative estimate of drug-likeness (QED) is 0.514. The van der Waals surface area contributed by atoms with Crippen LogP contribution in [0.1, 0.15) is 26.2 Å². The lowest BCUT2D eigenvalue weighted by Crippen LogP contribution is -2.11. The maximum atomic E-state index is 11.8. The molecular formula is C12H13O+. The van der Waals surface area contributed by atoms with Crippen LogP contribution in [0.25, 0.3) is 0 Å². The van der Waals surface area contributed by atoms with E-state index in [4.69, 9.17) is 0 Å². The summed E-state index contributed by atoms with van der Waals surface area (Å²) in [5.74, 6) is 0.505. The van der Waals surface area contributed by atoms with Gasteiger partial charge in [0, 0.05) is 18.4 Å². The summed E-state index contributed by atoms with van der Waals surface area (Å²) in [6.07, 6.45) is 11.9. The Morgan fingerprint density at radius 3 is 3.23 bits per heavy atom. The molecule has 0 spiro atoms. The maximum Gasteiger partial charge on any atom is 0.192 e. The Labute approximate surface area is 78.8 Å². The van der Waals surface area contributed by atoms with Crippen molar-refractivity contribution in [2.24, 2.45) is 5.92 Å². The molecule has 1 unspecified atom stereocenters. The van der Waals surface area contributed by atoms with Gasteiger partial charge in [-0.2, -0.15) is 0 Å². The molecule has 0 aliphatic heterocycles. The average Bonchev–Trinajstić information content (AvgIpc) is 2.29. The van der Waals surface area contributed by atoms with E-state index >= 15 is 0 Å². The zero-order valence-corrected chi connectivity index (χ0v) is 7.84. The van der Waals surface area contributed by atoms with Crippen LogP contribution in [0.3, 0.4) is 0 Å². The molecule has 0 fully saturated rings. The lowest BCUT2D eigenvalue weighted by atomic mass is 9.94. The fourth-order valence-corrected chi connectivity index (χ4v) is 1.91. The number of rotatable bonds is 0. The number of ketones is 1. The normalized spacial score (nSPS) is 26.8. The van der Waals surface area contributed by atoms with Gasteiger partial charge in [0.25, 0.3) is 0 Å². The van der Waals surface area contributed by atoms with Crippen LogP contribution in [0.5, 0.6) is 0 Å². The average molecular weight is 173 g/mol. The number of carbonyl (C=O) groups is 1. The van der Waals surface area contributed by atoms with Gasteiger partial charge in [-0.15, -0.1) is 0 Å². The summed E-state index contributed by atoms with van der Waals surface area (Å²) >= 11 is 0. The molecule has 2 aliphatic rings. The lowest BCUT2D eigenvalue weighted by Gasteiger charge is -2.03. The molecular weight excluding hydrogens is 160 g/mol. The number of Topliss-reactive ketones (excluding diaryl/α,β-unsaturated/α-hetero) is 1. The lowest BCUT2D eigenvalue weighted by molar-refractivity contribution is -0.118. The van der Waals surface area contributed by atoms with Gasteiger partial charge in [0.05, 0.1) is 11.6 Å². The SMILES string of the molecule is CC1CCCC2=C(C=C[C+]=C2)C1=O. The molecule has 0 aromatic carbocycles. The van der Waals surface area contributed by atoms with E-state index in [1.54, 1.807) is 0 Å². The monoisotopic (exact) mass is 173 g/mol. The number of allylic oxidation sites excluding steroid dienone is 6. The largest absolute Gasteiger partial charge is 0.291 e. The summed E-state index contributed by atoms with van der Waals surface area (Å²) in [6.45, 7) is 2.02. The minimum absolute atomic E-state index is 0.198. The molecule has 1 nitrogen and oxygen atoms in total. The highest BCUT2D eigenvalue weighted by molar-refractivity contribution is 6.01. The highest BCUT2D eigenvalue weighted by Gasteiger charge is 2.27. The number of carbonyl (C=O) groups excluding carboxylic acids is 1. The first-order valence-electron chi connectivity index (χ1n) is 4.82. The Bertz CT molecular complexity index is 318. The van der Waals surface area contributed by atoms with E-state index in [9.17, 15) is 4.79 Å². The van der Waals surface area contributed by atoms with Crippen LogP contribution in [0.4, 0.5) is 0 Å². The van der Waals surface area contributed by atoms with Gasteiger partial charge >= 0.3 is 0 Å².